The lowest BCUT2D eigenvalue weighted by Crippen LogP contribution is -2.37. The predicted molar refractivity (Wildman–Crippen MR) is 113 cm³/mol. The second-order valence-electron chi connectivity index (χ2n) is 7.51. The molecule has 1 aliphatic heterocycles. The third kappa shape index (κ3) is 3.99. The van der Waals surface area contributed by atoms with Crippen LogP contribution >= 0.6 is 11.3 Å². The van der Waals surface area contributed by atoms with E-state index in [0.717, 1.165) is 53.0 Å². The van der Waals surface area contributed by atoms with Gasteiger partial charge in [-0.25, -0.2) is 14.6 Å². The summed E-state index contributed by atoms with van der Waals surface area (Å²) in [5.74, 6) is 1.50. The first kappa shape index (κ1) is 18.8. The van der Waals surface area contributed by atoms with Gasteiger partial charge in [0, 0.05) is 31.9 Å². The Labute approximate surface area is 168 Å². The second kappa shape index (κ2) is 7.83. The summed E-state index contributed by atoms with van der Waals surface area (Å²) in [7, 11) is 0. The maximum atomic E-state index is 12.4. The SMILES string of the molecule is Cc1ccnc(N2CCC(Cn3nc(-c4sc(C)nc4C)ccc3=O)CC2)c1. The minimum atomic E-state index is -0.0366. The van der Waals surface area contributed by atoms with Gasteiger partial charge in [0.2, 0.25) is 0 Å². The van der Waals surface area contributed by atoms with Gasteiger partial charge in [-0.1, -0.05) is 0 Å². The first-order valence-electron chi connectivity index (χ1n) is 9.70. The van der Waals surface area contributed by atoms with Crippen molar-refractivity contribution in [3.8, 4) is 10.6 Å². The van der Waals surface area contributed by atoms with Crippen LogP contribution in [0, 0.1) is 26.7 Å². The first-order chi connectivity index (χ1) is 13.5. The van der Waals surface area contributed by atoms with Crippen LogP contribution in [0.1, 0.15) is 29.1 Å². The zero-order valence-electron chi connectivity index (χ0n) is 16.6. The fourth-order valence-electron chi connectivity index (χ4n) is 3.75. The normalized spacial score (nSPS) is 15.2. The number of piperidine rings is 1. The molecule has 7 heteroatoms. The Morgan fingerprint density at radius 1 is 1.14 bits per heavy atom. The zero-order chi connectivity index (χ0) is 19.7. The fourth-order valence-corrected chi connectivity index (χ4v) is 4.64. The van der Waals surface area contributed by atoms with E-state index < -0.39 is 0 Å². The van der Waals surface area contributed by atoms with Crippen LogP contribution in [0.3, 0.4) is 0 Å². The maximum absolute atomic E-state index is 12.4. The largest absolute Gasteiger partial charge is 0.357 e. The Hall–Kier alpha value is -2.54. The molecule has 0 saturated carbocycles. The summed E-state index contributed by atoms with van der Waals surface area (Å²) >= 11 is 1.62. The average Bonchev–Trinajstić information content (AvgIpc) is 3.02. The number of nitrogens with zero attached hydrogens (tertiary/aromatic N) is 5. The Kier molecular flexibility index (Phi) is 5.26. The molecule has 0 spiro atoms. The summed E-state index contributed by atoms with van der Waals surface area (Å²) in [6, 6.07) is 7.59. The molecule has 1 saturated heterocycles. The summed E-state index contributed by atoms with van der Waals surface area (Å²) in [5, 5.41) is 5.67. The second-order valence-corrected chi connectivity index (χ2v) is 8.71. The van der Waals surface area contributed by atoms with Gasteiger partial charge >= 0.3 is 0 Å². The Morgan fingerprint density at radius 3 is 2.61 bits per heavy atom. The number of aromatic nitrogens is 4. The molecule has 0 aromatic carbocycles. The number of hydrogen-bond donors (Lipinski definition) is 0. The van der Waals surface area contributed by atoms with Crippen molar-refractivity contribution in [1.29, 1.82) is 0 Å². The monoisotopic (exact) mass is 395 g/mol. The highest BCUT2D eigenvalue weighted by molar-refractivity contribution is 7.15. The van der Waals surface area contributed by atoms with E-state index in [-0.39, 0.29) is 5.56 Å². The minimum Gasteiger partial charge on any atom is -0.357 e. The molecule has 6 nitrogen and oxygen atoms in total. The standard InChI is InChI=1S/C21H25N5OS/c1-14-6-9-22-19(12-14)25-10-7-17(8-11-25)13-26-20(27)5-4-18(24-26)21-15(2)23-16(3)28-21/h4-6,9,12,17H,7-8,10-11,13H2,1-3H3. The summed E-state index contributed by atoms with van der Waals surface area (Å²) in [6.45, 7) is 8.67. The Morgan fingerprint density at radius 2 is 1.93 bits per heavy atom. The van der Waals surface area contributed by atoms with Crippen molar-refractivity contribution in [1.82, 2.24) is 19.7 Å². The topological polar surface area (TPSA) is 63.9 Å². The molecule has 0 atom stereocenters. The molecular weight excluding hydrogens is 370 g/mol. The van der Waals surface area contributed by atoms with E-state index in [9.17, 15) is 4.79 Å². The van der Waals surface area contributed by atoms with E-state index in [2.05, 4.69) is 33.0 Å². The van der Waals surface area contributed by atoms with E-state index in [4.69, 9.17) is 0 Å². The molecule has 0 bridgehead atoms. The van der Waals surface area contributed by atoms with Gasteiger partial charge in [0.05, 0.1) is 15.6 Å². The molecule has 146 valence electrons. The summed E-state index contributed by atoms with van der Waals surface area (Å²) in [4.78, 5) is 24.7. The number of pyridine rings is 1. The molecular formula is C21H25N5OS. The highest BCUT2D eigenvalue weighted by Gasteiger charge is 2.21. The van der Waals surface area contributed by atoms with Gasteiger partial charge in [0.1, 0.15) is 11.5 Å². The number of aryl methyl sites for hydroxylation is 3. The van der Waals surface area contributed by atoms with E-state index in [1.807, 2.05) is 32.2 Å². The van der Waals surface area contributed by atoms with Gasteiger partial charge in [-0.3, -0.25) is 4.79 Å². The molecule has 4 heterocycles. The van der Waals surface area contributed by atoms with Gasteiger partial charge in [0.25, 0.3) is 5.56 Å². The molecule has 1 fully saturated rings. The summed E-state index contributed by atoms with van der Waals surface area (Å²) < 4.78 is 1.63. The molecule has 0 radical (unpaired) electrons. The predicted octanol–water partition coefficient (Wildman–Crippen LogP) is 3.60. The summed E-state index contributed by atoms with van der Waals surface area (Å²) in [5.41, 5.74) is 3.00. The lowest BCUT2D eigenvalue weighted by Gasteiger charge is -2.33. The van der Waals surface area contributed by atoms with Crippen LogP contribution in [0.5, 0.6) is 0 Å². The Bertz CT molecular complexity index is 1030. The minimum absolute atomic E-state index is 0.0366. The van der Waals surface area contributed by atoms with Crippen LogP contribution in [0.15, 0.2) is 35.3 Å². The van der Waals surface area contributed by atoms with Crippen molar-refractivity contribution >= 4 is 17.2 Å². The van der Waals surface area contributed by atoms with Gasteiger partial charge in [0.15, 0.2) is 0 Å². The van der Waals surface area contributed by atoms with Gasteiger partial charge in [-0.05, 0) is 63.3 Å². The van der Waals surface area contributed by atoms with Crippen molar-refractivity contribution in [3.63, 3.8) is 0 Å². The molecule has 28 heavy (non-hydrogen) atoms. The highest BCUT2D eigenvalue weighted by atomic mass is 32.1. The number of thiazole rings is 1. The van der Waals surface area contributed by atoms with Gasteiger partial charge in [-0.15, -0.1) is 11.3 Å². The fraction of sp³-hybridized carbons (Fsp3) is 0.429. The molecule has 1 aliphatic rings. The number of rotatable bonds is 4. The number of hydrogen-bond acceptors (Lipinski definition) is 6. The summed E-state index contributed by atoms with van der Waals surface area (Å²) in [6.07, 6.45) is 3.94. The molecule has 0 aliphatic carbocycles. The maximum Gasteiger partial charge on any atom is 0.266 e. The molecule has 0 N–H and O–H groups in total. The van der Waals surface area contributed by atoms with Crippen molar-refractivity contribution in [3.05, 3.63) is 57.1 Å². The van der Waals surface area contributed by atoms with Gasteiger partial charge < -0.3 is 4.90 Å². The van der Waals surface area contributed by atoms with E-state index in [1.165, 1.54) is 5.56 Å². The van der Waals surface area contributed by atoms with Gasteiger partial charge in [-0.2, -0.15) is 5.10 Å². The Balaban J connectivity index is 1.46. The molecule has 3 aromatic heterocycles. The molecule has 4 rings (SSSR count). The third-order valence-corrected chi connectivity index (χ3v) is 6.37. The van der Waals surface area contributed by atoms with E-state index in [1.54, 1.807) is 22.1 Å². The van der Waals surface area contributed by atoms with E-state index in [0.29, 0.717) is 12.5 Å². The average molecular weight is 396 g/mol. The molecule has 0 amide bonds. The lowest BCUT2D eigenvalue weighted by molar-refractivity contribution is 0.335. The van der Waals surface area contributed by atoms with Crippen LogP contribution in [-0.4, -0.2) is 32.8 Å². The zero-order valence-corrected chi connectivity index (χ0v) is 17.4. The van der Waals surface area contributed by atoms with Crippen molar-refractivity contribution in [2.24, 2.45) is 5.92 Å². The van der Waals surface area contributed by atoms with Crippen molar-refractivity contribution in [2.45, 2.75) is 40.2 Å². The van der Waals surface area contributed by atoms with Crippen LogP contribution in [0.2, 0.25) is 0 Å². The van der Waals surface area contributed by atoms with Crippen molar-refractivity contribution in [2.75, 3.05) is 18.0 Å². The quantitative estimate of drug-likeness (QED) is 0.675. The van der Waals surface area contributed by atoms with Crippen LogP contribution in [0.4, 0.5) is 5.82 Å². The molecule has 0 unspecified atom stereocenters. The van der Waals surface area contributed by atoms with E-state index >= 15 is 0 Å². The van der Waals surface area contributed by atoms with Crippen LogP contribution in [-0.2, 0) is 6.54 Å². The lowest BCUT2D eigenvalue weighted by atomic mass is 9.97. The van der Waals surface area contributed by atoms with Crippen LogP contribution in [0.25, 0.3) is 10.6 Å². The third-order valence-electron chi connectivity index (χ3n) is 5.27. The van der Waals surface area contributed by atoms with Crippen LogP contribution < -0.4 is 10.5 Å². The number of anilines is 1. The highest BCUT2D eigenvalue weighted by Crippen LogP contribution is 2.28. The molecule has 3 aromatic rings. The smallest absolute Gasteiger partial charge is 0.266 e. The van der Waals surface area contributed by atoms with Crippen molar-refractivity contribution < 1.29 is 0 Å². The first-order valence-corrected chi connectivity index (χ1v) is 10.5.